The number of aromatic nitrogens is 1. The smallest absolute Gasteiger partial charge is 0.259 e. The first kappa shape index (κ1) is 22.1. The Morgan fingerprint density at radius 3 is 2.43 bits per heavy atom. The second kappa shape index (κ2) is 9.97. The molecule has 8 nitrogen and oxygen atoms in total. The summed E-state index contributed by atoms with van der Waals surface area (Å²) in [7, 11) is 4.76. The van der Waals surface area contributed by atoms with Crippen molar-refractivity contribution in [1.82, 2.24) is 9.47 Å². The van der Waals surface area contributed by atoms with Gasteiger partial charge in [0.2, 0.25) is 0 Å². The van der Waals surface area contributed by atoms with E-state index in [1.54, 1.807) is 38.9 Å². The molecule has 2 aromatic rings. The molecular formula is C22H30N2O6. The summed E-state index contributed by atoms with van der Waals surface area (Å²) in [4.78, 5) is 15.6. The van der Waals surface area contributed by atoms with Gasteiger partial charge in [0.1, 0.15) is 5.75 Å². The highest BCUT2D eigenvalue weighted by atomic mass is 16.5. The number of methoxy groups -OCH3 is 3. The topological polar surface area (TPSA) is 82.4 Å². The van der Waals surface area contributed by atoms with Gasteiger partial charge in [0.25, 0.3) is 5.56 Å². The number of hydrogen-bond acceptors (Lipinski definition) is 7. The molecule has 0 spiro atoms. The van der Waals surface area contributed by atoms with E-state index in [1.165, 1.54) is 0 Å². The van der Waals surface area contributed by atoms with Crippen molar-refractivity contribution < 1.29 is 24.1 Å². The number of ether oxygens (including phenoxy) is 4. The average Bonchev–Trinajstić information content (AvgIpc) is 2.76. The van der Waals surface area contributed by atoms with Crippen LogP contribution in [0, 0.1) is 6.92 Å². The van der Waals surface area contributed by atoms with Crippen molar-refractivity contribution >= 4 is 0 Å². The van der Waals surface area contributed by atoms with Crippen LogP contribution in [0.4, 0.5) is 0 Å². The zero-order valence-electron chi connectivity index (χ0n) is 18.0. The zero-order valence-corrected chi connectivity index (χ0v) is 18.0. The first-order valence-corrected chi connectivity index (χ1v) is 9.97. The summed E-state index contributed by atoms with van der Waals surface area (Å²) in [5.41, 5.74) is 1.64. The van der Waals surface area contributed by atoms with Gasteiger partial charge in [0.15, 0.2) is 11.5 Å². The Kier molecular flexibility index (Phi) is 7.36. The Hall–Kier alpha value is -2.55. The minimum Gasteiger partial charge on any atom is -0.507 e. The van der Waals surface area contributed by atoms with Crippen molar-refractivity contribution in [1.29, 1.82) is 0 Å². The van der Waals surface area contributed by atoms with Crippen LogP contribution >= 0.6 is 0 Å². The van der Waals surface area contributed by atoms with E-state index >= 15 is 0 Å². The number of nitrogens with zero attached hydrogens (tertiary/aromatic N) is 2. The molecule has 0 bridgehead atoms. The van der Waals surface area contributed by atoms with Crippen molar-refractivity contribution in [2.24, 2.45) is 0 Å². The van der Waals surface area contributed by atoms with Gasteiger partial charge in [-0.25, -0.2) is 0 Å². The largest absolute Gasteiger partial charge is 0.507 e. The quantitative estimate of drug-likeness (QED) is 0.702. The van der Waals surface area contributed by atoms with E-state index in [2.05, 4.69) is 4.90 Å². The predicted octanol–water partition coefficient (Wildman–Crippen LogP) is 1.95. The monoisotopic (exact) mass is 418 g/mol. The lowest BCUT2D eigenvalue weighted by molar-refractivity contribution is 0.0231. The third kappa shape index (κ3) is 4.45. The number of aromatic hydroxyl groups is 1. The van der Waals surface area contributed by atoms with Gasteiger partial charge < -0.3 is 28.6 Å². The van der Waals surface area contributed by atoms with E-state index in [-0.39, 0.29) is 11.3 Å². The van der Waals surface area contributed by atoms with Crippen LogP contribution in [0.25, 0.3) is 0 Å². The van der Waals surface area contributed by atoms with Crippen LogP contribution in [0.3, 0.4) is 0 Å². The van der Waals surface area contributed by atoms with Gasteiger partial charge in [-0.3, -0.25) is 9.69 Å². The molecule has 1 N–H and O–H groups in total. The molecule has 1 aromatic heterocycles. The van der Waals surface area contributed by atoms with Gasteiger partial charge in [-0.1, -0.05) is 6.07 Å². The van der Waals surface area contributed by atoms with Gasteiger partial charge in [-0.15, -0.1) is 0 Å². The van der Waals surface area contributed by atoms with E-state index in [1.807, 2.05) is 18.2 Å². The maximum absolute atomic E-state index is 13.5. The Labute approximate surface area is 176 Å². The van der Waals surface area contributed by atoms with Gasteiger partial charge >= 0.3 is 0 Å². The van der Waals surface area contributed by atoms with E-state index in [0.717, 1.165) is 5.56 Å². The minimum atomic E-state index is -0.449. The second-order valence-corrected chi connectivity index (χ2v) is 7.20. The molecule has 0 aliphatic carbocycles. The highest BCUT2D eigenvalue weighted by molar-refractivity contribution is 5.48. The first-order chi connectivity index (χ1) is 14.5. The molecule has 2 heterocycles. The maximum atomic E-state index is 13.5. The molecule has 1 saturated heterocycles. The lowest BCUT2D eigenvalue weighted by atomic mass is 9.95. The number of morpholine rings is 1. The molecule has 1 unspecified atom stereocenters. The fourth-order valence-corrected chi connectivity index (χ4v) is 3.90. The fraction of sp³-hybridized carbons (Fsp3) is 0.500. The molecular weight excluding hydrogens is 388 g/mol. The summed E-state index contributed by atoms with van der Waals surface area (Å²) < 4.78 is 23.2. The molecule has 30 heavy (non-hydrogen) atoms. The molecule has 1 aliphatic heterocycles. The number of benzene rings is 1. The molecule has 1 atom stereocenters. The van der Waals surface area contributed by atoms with Crippen LogP contribution in [0.1, 0.15) is 22.9 Å². The summed E-state index contributed by atoms with van der Waals surface area (Å²) in [6.07, 6.45) is 0. The second-order valence-electron chi connectivity index (χ2n) is 7.20. The maximum Gasteiger partial charge on any atom is 0.259 e. The summed E-state index contributed by atoms with van der Waals surface area (Å²) in [6.45, 7) is 5.04. The summed E-state index contributed by atoms with van der Waals surface area (Å²) in [6, 6.07) is 6.77. The Morgan fingerprint density at radius 2 is 1.80 bits per heavy atom. The van der Waals surface area contributed by atoms with Crippen molar-refractivity contribution in [2.75, 3.05) is 54.2 Å². The van der Waals surface area contributed by atoms with E-state index in [9.17, 15) is 9.90 Å². The fourth-order valence-electron chi connectivity index (χ4n) is 3.90. The van der Waals surface area contributed by atoms with Gasteiger partial charge in [0.05, 0.1) is 45.6 Å². The Balaban J connectivity index is 2.18. The molecule has 0 saturated carbocycles. The third-order valence-electron chi connectivity index (χ3n) is 5.45. The van der Waals surface area contributed by atoms with E-state index < -0.39 is 6.04 Å². The Bertz CT molecular complexity index is 921. The molecule has 164 valence electrons. The Morgan fingerprint density at radius 1 is 1.10 bits per heavy atom. The van der Waals surface area contributed by atoms with Crippen LogP contribution in [0.15, 0.2) is 29.1 Å². The van der Waals surface area contributed by atoms with Crippen LogP contribution < -0.4 is 15.0 Å². The molecule has 1 aromatic carbocycles. The third-order valence-corrected chi connectivity index (χ3v) is 5.45. The first-order valence-electron chi connectivity index (χ1n) is 9.97. The van der Waals surface area contributed by atoms with Gasteiger partial charge in [0, 0.05) is 32.4 Å². The van der Waals surface area contributed by atoms with Crippen LogP contribution in [0.5, 0.6) is 17.2 Å². The van der Waals surface area contributed by atoms with Crippen LogP contribution in [0.2, 0.25) is 0 Å². The molecule has 3 rings (SSSR count). The van der Waals surface area contributed by atoms with Crippen molar-refractivity contribution in [3.05, 3.63) is 51.4 Å². The van der Waals surface area contributed by atoms with E-state index in [4.69, 9.17) is 18.9 Å². The standard InChI is InChI=1S/C22H30N2O6/c1-15-13-17(25)20(22(26)24(15)9-10-27-2)21(23-7-11-30-12-8-23)16-5-6-18(28-3)19(14-16)29-4/h5-6,13-14,21,25H,7-12H2,1-4H3. The zero-order chi connectivity index (χ0) is 21.7. The number of pyridine rings is 1. The van der Waals surface area contributed by atoms with E-state index in [0.29, 0.717) is 62.2 Å². The SMILES string of the molecule is COCCn1c(C)cc(O)c(C(c2ccc(OC)c(OC)c2)N2CCOCC2)c1=O. The number of hydrogen-bond donors (Lipinski definition) is 1. The molecule has 8 heteroatoms. The van der Waals surface area contributed by atoms with Gasteiger partial charge in [-0.05, 0) is 30.7 Å². The average molecular weight is 418 g/mol. The van der Waals surface area contributed by atoms with Crippen molar-refractivity contribution in [3.8, 4) is 17.2 Å². The van der Waals surface area contributed by atoms with Crippen LogP contribution in [-0.2, 0) is 16.0 Å². The minimum absolute atomic E-state index is 0.0163. The predicted molar refractivity (Wildman–Crippen MR) is 113 cm³/mol. The molecule has 0 amide bonds. The lowest BCUT2D eigenvalue weighted by Crippen LogP contribution is -2.42. The number of rotatable bonds is 8. The summed E-state index contributed by atoms with van der Waals surface area (Å²) in [5.74, 6) is 1.16. The van der Waals surface area contributed by atoms with Gasteiger partial charge in [-0.2, -0.15) is 0 Å². The molecule has 1 fully saturated rings. The summed E-state index contributed by atoms with van der Waals surface area (Å²) >= 11 is 0. The normalized spacial score (nSPS) is 15.7. The number of aryl methyl sites for hydroxylation is 1. The highest BCUT2D eigenvalue weighted by Crippen LogP contribution is 2.37. The van der Waals surface area contributed by atoms with Crippen molar-refractivity contribution in [3.63, 3.8) is 0 Å². The molecule has 1 aliphatic rings. The lowest BCUT2D eigenvalue weighted by Gasteiger charge is -2.35. The van der Waals surface area contributed by atoms with Crippen LogP contribution in [-0.4, -0.2) is 68.8 Å². The highest BCUT2D eigenvalue weighted by Gasteiger charge is 2.31. The summed E-state index contributed by atoms with van der Waals surface area (Å²) in [5, 5.41) is 10.9. The van der Waals surface area contributed by atoms with Crippen molar-refractivity contribution in [2.45, 2.75) is 19.5 Å². The molecule has 0 radical (unpaired) electrons.